The molecule has 0 radical (unpaired) electrons. The fourth-order valence-corrected chi connectivity index (χ4v) is 4.42. The molecular formula is C31H40N6O10. The average molecular weight is 657 g/mol. The minimum Gasteiger partial charge on any atom is -0.481 e. The summed E-state index contributed by atoms with van der Waals surface area (Å²) >= 11 is 0. The first-order valence-electron chi connectivity index (χ1n) is 14.8. The molecule has 2 rings (SSSR count). The molecule has 0 unspecified atom stereocenters. The van der Waals surface area contributed by atoms with Crippen molar-refractivity contribution < 1.29 is 48.6 Å². The van der Waals surface area contributed by atoms with Gasteiger partial charge in [-0.05, 0) is 30.9 Å². The number of para-hydroxylation sites is 1. The van der Waals surface area contributed by atoms with Crippen LogP contribution in [0.25, 0.3) is 10.9 Å². The highest BCUT2D eigenvalue weighted by Gasteiger charge is 2.38. The van der Waals surface area contributed by atoms with Crippen molar-refractivity contribution in [2.75, 3.05) is 0 Å². The molecule has 16 heteroatoms. The number of carboxylic acids is 2. The van der Waals surface area contributed by atoms with E-state index >= 15 is 0 Å². The molecule has 47 heavy (non-hydrogen) atoms. The molecule has 254 valence electrons. The van der Waals surface area contributed by atoms with E-state index in [4.69, 9.17) is 5.73 Å². The molecule has 0 aliphatic heterocycles. The van der Waals surface area contributed by atoms with Gasteiger partial charge in [-0.25, -0.2) is 4.98 Å². The summed E-state index contributed by atoms with van der Waals surface area (Å²) in [6.07, 6.45) is -1.62. The smallest absolute Gasteiger partial charge is 0.305 e. The van der Waals surface area contributed by atoms with Crippen molar-refractivity contribution in [3.05, 3.63) is 42.1 Å². The summed E-state index contributed by atoms with van der Waals surface area (Å²) in [6.45, 7) is 7.60. The largest absolute Gasteiger partial charge is 0.481 e. The van der Waals surface area contributed by atoms with Gasteiger partial charge in [-0.15, -0.1) is 0 Å². The van der Waals surface area contributed by atoms with Crippen LogP contribution in [0, 0.1) is 11.8 Å². The van der Waals surface area contributed by atoms with Gasteiger partial charge in [-0.1, -0.05) is 52.0 Å². The summed E-state index contributed by atoms with van der Waals surface area (Å²) in [6, 6.07) is 2.36. The number of nitrogens with zero attached hydrogens (tertiary/aromatic N) is 2. The molecule has 1 aromatic carbocycles. The summed E-state index contributed by atoms with van der Waals surface area (Å²) in [5.41, 5.74) is 5.95. The van der Waals surface area contributed by atoms with Crippen LogP contribution >= 0.6 is 0 Å². The third-order valence-corrected chi connectivity index (χ3v) is 7.16. The highest BCUT2D eigenvalue weighted by atomic mass is 16.4. The van der Waals surface area contributed by atoms with Crippen molar-refractivity contribution in [2.24, 2.45) is 17.6 Å². The van der Waals surface area contributed by atoms with Crippen LogP contribution in [0.1, 0.15) is 57.9 Å². The lowest BCUT2D eigenvalue weighted by molar-refractivity contribution is -0.143. The normalized spacial score (nSPS) is 14.3. The molecule has 16 nitrogen and oxygen atoms in total. The molecule has 7 N–H and O–H groups in total. The van der Waals surface area contributed by atoms with Gasteiger partial charge in [0, 0.05) is 5.39 Å². The molecule has 1 aromatic heterocycles. The van der Waals surface area contributed by atoms with Crippen LogP contribution < -0.4 is 21.7 Å². The fraction of sp³-hybridized carbons (Fsp3) is 0.452. The van der Waals surface area contributed by atoms with Crippen molar-refractivity contribution in [1.29, 1.82) is 0 Å². The monoisotopic (exact) mass is 656 g/mol. The van der Waals surface area contributed by atoms with E-state index in [1.54, 1.807) is 58.0 Å². The number of rotatable bonds is 16. The lowest BCUT2D eigenvalue weighted by Gasteiger charge is -2.30. The Morgan fingerprint density at radius 2 is 1.43 bits per heavy atom. The molecule has 0 aliphatic rings. The molecule has 2 aromatic rings. The van der Waals surface area contributed by atoms with Gasteiger partial charge in [0.05, 0.1) is 24.4 Å². The predicted octanol–water partition coefficient (Wildman–Crippen LogP) is -0.166. The number of fused-ring (bicyclic) bond motifs is 1. The van der Waals surface area contributed by atoms with E-state index in [0.29, 0.717) is 15.8 Å². The van der Waals surface area contributed by atoms with Crippen LogP contribution in [0.5, 0.6) is 0 Å². The van der Waals surface area contributed by atoms with E-state index in [1.165, 1.54) is 13.0 Å². The van der Waals surface area contributed by atoms with Crippen LogP contribution in [0.15, 0.2) is 36.4 Å². The molecule has 0 saturated heterocycles. The fourth-order valence-electron chi connectivity index (χ4n) is 4.42. The Kier molecular flexibility index (Phi) is 13.6. The van der Waals surface area contributed by atoms with E-state index < -0.39 is 90.4 Å². The number of benzene rings is 1. The molecule has 0 bridgehead atoms. The number of carbonyl (C=O) groups is 8. The van der Waals surface area contributed by atoms with Crippen molar-refractivity contribution in [3.63, 3.8) is 0 Å². The topological polar surface area (TPSA) is 255 Å². The van der Waals surface area contributed by atoms with E-state index in [0.717, 1.165) is 0 Å². The Balaban J connectivity index is 2.33. The van der Waals surface area contributed by atoms with E-state index in [2.05, 4.69) is 20.9 Å². The van der Waals surface area contributed by atoms with Crippen LogP contribution in [0.3, 0.4) is 0 Å². The number of hydrogen-bond donors (Lipinski definition) is 6. The summed E-state index contributed by atoms with van der Waals surface area (Å²) in [5.74, 6) is -8.77. The Labute approximate surface area is 270 Å². The first-order chi connectivity index (χ1) is 22.0. The van der Waals surface area contributed by atoms with Crippen molar-refractivity contribution in [1.82, 2.24) is 25.8 Å². The number of imide groups is 1. The average Bonchev–Trinajstić information content (AvgIpc) is 3.00. The second kappa shape index (κ2) is 16.9. The molecule has 5 atom stereocenters. The number of aldehydes is 1. The Bertz CT molecular complexity index is 1530. The van der Waals surface area contributed by atoms with Gasteiger partial charge < -0.3 is 36.7 Å². The first-order valence-corrected chi connectivity index (χ1v) is 14.8. The van der Waals surface area contributed by atoms with Gasteiger partial charge in [0.1, 0.15) is 36.1 Å². The van der Waals surface area contributed by atoms with Gasteiger partial charge in [0.15, 0.2) is 0 Å². The van der Waals surface area contributed by atoms with E-state index in [9.17, 15) is 48.6 Å². The van der Waals surface area contributed by atoms with E-state index in [-0.39, 0.29) is 17.9 Å². The second-order valence-electron chi connectivity index (χ2n) is 11.6. The standard InChI is InChI=1S/C31H40N6O10/c1-15(2)25(32)28(44)35-22(13-24(41)42)27(43)36-26(16(3)4)29(45)33-17(5)30(46)37(19(14-38)12-23(39)40)31(47)21-11-10-18-8-6-7-9-20(18)34-21/h6-11,14-17,19,22,25-26H,12-13,32H2,1-5H3,(H,33,45)(H,35,44)(H,36,43)(H,39,40)(H,41,42)/t17-,19-,22-,25+,26-/m0/s1. The molecule has 1 heterocycles. The first kappa shape index (κ1) is 37.9. The number of pyridine rings is 1. The molecule has 0 fully saturated rings. The van der Waals surface area contributed by atoms with Gasteiger partial charge in [0.2, 0.25) is 17.7 Å². The number of hydrogen-bond acceptors (Lipinski definition) is 10. The third-order valence-electron chi connectivity index (χ3n) is 7.16. The van der Waals surface area contributed by atoms with Crippen molar-refractivity contribution >= 4 is 58.7 Å². The highest BCUT2D eigenvalue weighted by molar-refractivity contribution is 6.08. The summed E-state index contributed by atoms with van der Waals surface area (Å²) < 4.78 is 0. The Morgan fingerprint density at radius 1 is 0.809 bits per heavy atom. The van der Waals surface area contributed by atoms with Gasteiger partial charge in [0.25, 0.3) is 11.8 Å². The summed E-state index contributed by atoms with van der Waals surface area (Å²) in [4.78, 5) is 106. The lowest BCUT2D eigenvalue weighted by atomic mass is 10.0. The minimum atomic E-state index is -1.75. The predicted molar refractivity (Wildman–Crippen MR) is 166 cm³/mol. The maximum absolute atomic E-state index is 13.6. The number of carboxylic acid groups (broad SMARTS) is 2. The van der Waals surface area contributed by atoms with Crippen molar-refractivity contribution in [3.8, 4) is 0 Å². The SMILES string of the molecule is CC(C)[C@H](NC(=O)[C@H](CC(=O)O)NC(=O)[C@H](N)C(C)C)C(=O)N[C@@H](C)C(=O)N(C(=O)c1ccc2ccccc2n1)[C@H](C=O)CC(=O)O. The van der Waals surface area contributed by atoms with Gasteiger partial charge in [-0.3, -0.25) is 38.5 Å². The van der Waals surface area contributed by atoms with Crippen LogP contribution in [-0.2, 0) is 33.6 Å². The zero-order valence-corrected chi connectivity index (χ0v) is 26.6. The Morgan fingerprint density at radius 3 is 1.98 bits per heavy atom. The summed E-state index contributed by atoms with van der Waals surface area (Å²) in [7, 11) is 0. The number of nitrogens with two attached hydrogens (primary N) is 1. The minimum absolute atomic E-state index is 0.124. The van der Waals surface area contributed by atoms with Crippen LogP contribution in [0.2, 0.25) is 0 Å². The van der Waals surface area contributed by atoms with Gasteiger partial charge in [-0.2, -0.15) is 0 Å². The highest BCUT2D eigenvalue weighted by Crippen LogP contribution is 2.16. The van der Waals surface area contributed by atoms with Crippen LogP contribution in [-0.4, -0.2) is 98.1 Å². The quantitative estimate of drug-likeness (QED) is 0.129. The molecule has 5 amide bonds. The van der Waals surface area contributed by atoms with Gasteiger partial charge >= 0.3 is 11.9 Å². The second-order valence-corrected chi connectivity index (χ2v) is 11.6. The number of aliphatic carboxylic acids is 2. The number of aromatic nitrogens is 1. The maximum atomic E-state index is 13.6. The lowest BCUT2D eigenvalue weighted by Crippen LogP contribution is -2.60. The third kappa shape index (κ3) is 10.4. The maximum Gasteiger partial charge on any atom is 0.305 e. The number of nitrogens with one attached hydrogen (secondary N) is 3. The number of carbonyl (C=O) groups excluding carboxylic acids is 6. The Hall–Kier alpha value is -5.25. The molecular weight excluding hydrogens is 616 g/mol. The van der Waals surface area contributed by atoms with Crippen LogP contribution in [0.4, 0.5) is 0 Å². The zero-order valence-electron chi connectivity index (χ0n) is 26.6. The number of amides is 5. The molecule has 0 aliphatic carbocycles. The van der Waals surface area contributed by atoms with E-state index in [1.807, 2.05) is 0 Å². The van der Waals surface area contributed by atoms with Crippen molar-refractivity contribution in [2.45, 2.75) is 77.7 Å². The molecule has 0 saturated carbocycles. The zero-order chi connectivity index (χ0) is 35.6. The molecule has 0 spiro atoms. The summed E-state index contributed by atoms with van der Waals surface area (Å²) in [5, 5.41) is 26.4.